The molecule has 0 saturated carbocycles. The Balaban J connectivity index is 2.99. The molecule has 1 aliphatic rings. The van der Waals surface area contributed by atoms with E-state index in [-0.39, 0.29) is 25.7 Å². The number of hydrogen-bond donors (Lipinski definition) is 3. The summed E-state index contributed by atoms with van der Waals surface area (Å²) in [5.41, 5.74) is 0. The Morgan fingerprint density at radius 1 is 0.840 bits per heavy atom. The molecule has 9 nitrogen and oxygen atoms in total. The summed E-state index contributed by atoms with van der Waals surface area (Å²) in [5, 5.41) is 27.4. The van der Waals surface area contributed by atoms with Gasteiger partial charge in [-0.05, 0) is 12.3 Å². The average molecular weight is 359 g/mol. The maximum Gasteiger partial charge on any atom is 0.317 e. The van der Waals surface area contributed by atoms with Crippen molar-refractivity contribution in [2.45, 2.75) is 26.3 Å². The third kappa shape index (κ3) is 8.80. The minimum Gasteiger partial charge on any atom is -0.480 e. The van der Waals surface area contributed by atoms with E-state index in [0.717, 1.165) is 6.42 Å². The van der Waals surface area contributed by atoms with Crippen molar-refractivity contribution in [1.29, 1.82) is 0 Å². The fourth-order valence-electron chi connectivity index (χ4n) is 3.19. The predicted octanol–water partition coefficient (Wildman–Crippen LogP) is -0.425. The number of carboxylic acid groups (broad SMARTS) is 3. The molecule has 1 saturated heterocycles. The number of carbonyl (C=O) groups is 3. The van der Waals surface area contributed by atoms with Gasteiger partial charge < -0.3 is 15.3 Å². The van der Waals surface area contributed by atoms with Crippen LogP contribution >= 0.6 is 0 Å². The second-order valence-corrected chi connectivity index (χ2v) is 6.95. The molecule has 1 rings (SSSR count). The van der Waals surface area contributed by atoms with Gasteiger partial charge in [-0.3, -0.25) is 29.1 Å². The third-order valence-electron chi connectivity index (χ3n) is 4.22. The highest BCUT2D eigenvalue weighted by Crippen LogP contribution is 2.15. The van der Waals surface area contributed by atoms with E-state index in [1.807, 2.05) is 18.7 Å². The van der Waals surface area contributed by atoms with Gasteiger partial charge in [0.05, 0.1) is 19.6 Å². The Kier molecular flexibility index (Phi) is 8.81. The van der Waals surface area contributed by atoms with Gasteiger partial charge in [-0.15, -0.1) is 0 Å². The Morgan fingerprint density at radius 3 is 1.84 bits per heavy atom. The van der Waals surface area contributed by atoms with Crippen molar-refractivity contribution in [2.75, 3.05) is 52.4 Å². The molecule has 1 unspecified atom stereocenters. The van der Waals surface area contributed by atoms with Gasteiger partial charge >= 0.3 is 17.9 Å². The number of aliphatic carboxylic acids is 3. The van der Waals surface area contributed by atoms with Crippen LogP contribution in [0.4, 0.5) is 0 Å². The summed E-state index contributed by atoms with van der Waals surface area (Å²) in [6, 6.07) is -0.0831. The first-order chi connectivity index (χ1) is 11.7. The molecule has 9 heteroatoms. The van der Waals surface area contributed by atoms with E-state index < -0.39 is 17.9 Å². The second-order valence-electron chi connectivity index (χ2n) is 6.95. The summed E-state index contributed by atoms with van der Waals surface area (Å²) in [5.74, 6) is -2.50. The van der Waals surface area contributed by atoms with Gasteiger partial charge in [0, 0.05) is 38.8 Å². The first-order valence-corrected chi connectivity index (χ1v) is 8.51. The molecule has 3 N–H and O–H groups in total. The predicted molar refractivity (Wildman–Crippen MR) is 90.6 cm³/mol. The number of carboxylic acids is 3. The topological polar surface area (TPSA) is 122 Å². The molecule has 0 aromatic carbocycles. The minimum atomic E-state index is -0.951. The van der Waals surface area contributed by atoms with Crippen LogP contribution in [0.15, 0.2) is 0 Å². The highest BCUT2D eigenvalue weighted by molar-refractivity contribution is 5.70. The molecular weight excluding hydrogens is 330 g/mol. The Bertz CT molecular complexity index is 471. The van der Waals surface area contributed by atoms with Crippen molar-refractivity contribution in [3.05, 3.63) is 0 Å². The standard InChI is InChI=1S/C16H29N3O6/c1-12(2)7-13-8-18(10-15(22)23)4-3-17(9-14(20)21)5-6-19(13)11-16(24)25/h12-13H,3-11H2,1-2H3,(H,20,21)(H,22,23)(H,24,25). The number of hydrogen-bond acceptors (Lipinski definition) is 6. The van der Waals surface area contributed by atoms with Crippen LogP contribution in [-0.2, 0) is 14.4 Å². The normalized spacial score (nSPS) is 21.5. The molecule has 1 heterocycles. The smallest absolute Gasteiger partial charge is 0.317 e. The Hall–Kier alpha value is -1.71. The summed E-state index contributed by atoms with van der Waals surface area (Å²) < 4.78 is 0. The highest BCUT2D eigenvalue weighted by atomic mass is 16.4. The molecule has 1 fully saturated rings. The van der Waals surface area contributed by atoms with Gasteiger partial charge in [0.25, 0.3) is 0 Å². The molecular formula is C16H29N3O6. The Labute approximate surface area is 147 Å². The zero-order chi connectivity index (χ0) is 19.0. The van der Waals surface area contributed by atoms with Gasteiger partial charge in [0.15, 0.2) is 0 Å². The molecule has 1 atom stereocenters. The van der Waals surface area contributed by atoms with Crippen molar-refractivity contribution in [3.63, 3.8) is 0 Å². The zero-order valence-electron chi connectivity index (χ0n) is 14.9. The fraction of sp³-hybridized carbons (Fsp3) is 0.812. The summed E-state index contributed by atoms with van der Waals surface area (Å²) in [6.45, 7) is 5.88. The van der Waals surface area contributed by atoms with E-state index in [1.165, 1.54) is 0 Å². The molecule has 0 aliphatic carbocycles. The van der Waals surface area contributed by atoms with E-state index in [1.54, 1.807) is 9.80 Å². The summed E-state index contributed by atoms with van der Waals surface area (Å²) in [4.78, 5) is 38.7. The van der Waals surface area contributed by atoms with E-state index >= 15 is 0 Å². The first-order valence-electron chi connectivity index (χ1n) is 8.51. The lowest BCUT2D eigenvalue weighted by atomic mass is 10.0. The van der Waals surface area contributed by atoms with Crippen LogP contribution in [0.2, 0.25) is 0 Å². The van der Waals surface area contributed by atoms with Crippen molar-refractivity contribution in [1.82, 2.24) is 14.7 Å². The van der Waals surface area contributed by atoms with Crippen molar-refractivity contribution in [2.24, 2.45) is 5.92 Å². The van der Waals surface area contributed by atoms with Crippen LogP contribution in [0.1, 0.15) is 20.3 Å². The van der Waals surface area contributed by atoms with E-state index in [2.05, 4.69) is 0 Å². The Morgan fingerprint density at radius 2 is 1.32 bits per heavy atom. The summed E-state index contributed by atoms with van der Waals surface area (Å²) >= 11 is 0. The quantitative estimate of drug-likeness (QED) is 0.530. The van der Waals surface area contributed by atoms with Crippen LogP contribution in [0, 0.1) is 5.92 Å². The van der Waals surface area contributed by atoms with Gasteiger partial charge in [0.1, 0.15) is 0 Å². The maximum atomic E-state index is 11.2. The molecule has 0 amide bonds. The SMILES string of the molecule is CC(C)CC1CN(CC(=O)O)CCN(CC(=O)O)CCN1CC(=O)O. The van der Waals surface area contributed by atoms with Gasteiger partial charge in [-0.2, -0.15) is 0 Å². The molecule has 0 bridgehead atoms. The molecule has 0 aromatic rings. The summed E-state index contributed by atoms with van der Waals surface area (Å²) in [6.07, 6.45) is 0.752. The largest absolute Gasteiger partial charge is 0.480 e. The number of nitrogens with zero attached hydrogens (tertiary/aromatic N) is 3. The van der Waals surface area contributed by atoms with Crippen molar-refractivity contribution in [3.8, 4) is 0 Å². The number of rotatable bonds is 8. The van der Waals surface area contributed by atoms with Gasteiger partial charge in [-0.1, -0.05) is 13.8 Å². The minimum absolute atomic E-state index is 0.0831. The van der Waals surface area contributed by atoms with Crippen LogP contribution in [0.3, 0.4) is 0 Å². The second kappa shape index (κ2) is 10.3. The molecule has 0 radical (unpaired) electrons. The average Bonchev–Trinajstić information content (AvgIpc) is 2.50. The van der Waals surface area contributed by atoms with Gasteiger partial charge in [0.2, 0.25) is 0 Å². The lowest BCUT2D eigenvalue weighted by molar-refractivity contribution is -0.141. The first kappa shape index (κ1) is 21.3. The van der Waals surface area contributed by atoms with Crippen LogP contribution in [0.5, 0.6) is 0 Å². The van der Waals surface area contributed by atoms with Crippen LogP contribution in [-0.4, -0.2) is 106 Å². The molecule has 25 heavy (non-hydrogen) atoms. The van der Waals surface area contributed by atoms with Crippen molar-refractivity contribution >= 4 is 17.9 Å². The van der Waals surface area contributed by atoms with E-state index in [4.69, 9.17) is 10.2 Å². The molecule has 144 valence electrons. The zero-order valence-corrected chi connectivity index (χ0v) is 14.9. The highest BCUT2D eigenvalue weighted by Gasteiger charge is 2.27. The van der Waals surface area contributed by atoms with Crippen LogP contribution < -0.4 is 0 Å². The molecule has 1 aliphatic heterocycles. The summed E-state index contributed by atoms with van der Waals surface area (Å²) in [7, 11) is 0. The maximum absolute atomic E-state index is 11.2. The lowest BCUT2D eigenvalue weighted by Crippen LogP contribution is -2.48. The van der Waals surface area contributed by atoms with Crippen molar-refractivity contribution < 1.29 is 29.7 Å². The monoisotopic (exact) mass is 359 g/mol. The third-order valence-corrected chi connectivity index (χ3v) is 4.22. The van der Waals surface area contributed by atoms with E-state index in [9.17, 15) is 19.5 Å². The molecule has 0 spiro atoms. The molecule has 0 aromatic heterocycles. The van der Waals surface area contributed by atoms with Crippen LogP contribution in [0.25, 0.3) is 0 Å². The van der Waals surface area contributed by atoms with E-state index in [0.29, 0.717) is 38.6 Å². The fourth-order valence-corrected chi connectivity index (χ4v) is 3.19. The lowest BCUT2D eigenvalue weighted by Gasteiger charge is -2.34. The van der Waals surface area contributed by atoms with Gasteiger partial charge in [-0.25, -0.2) is 0 Å².